The molecule has 3 saturated heterocycles. The number of nitrogens with one attached hydrogen (secondary N) is 1. The summed E-state index contributed by atoms with van der Waals surface area (Å²) in [5.41, 5.74) is 0.164. The third-order valence-corrected chi connectivity index (χ3v) is 6.64. The van der Waals surface area contributed by atoms with E-state index in [2.05, 4.69) is 34.0 Å². The number of aliphatic imine (C=N–C) groups is 1. The number of likely N-dealkylation sites (tertiary alicyclic amines) is 2. The van der Waals surface area contributed by atoms with E-state index in [0.717, 1.165) is 58.1 Å². The van der Waals surface area contributed by atoms with Crippen LogP contribution < -0.4 is 5.32 Å². The van der Waals surface area contributed by atoms with Crippen LogP contribution in [0.25, 0.3) is 0 Å². The smallest absolute Gasteiger partial charge is 0.193 e. The van der Waals surface area contributed by atoms with Crippen LogP contribution in [0.3, 0.4) is 0 Å². The number of guanidine groups is 1. The van der Waals surface area contributed by atoms with E-state index in [1.165, 1.54) is 45.2 Å². The first-order chi connectivity index (χ1) is 13.6. The van der Waals surface area contributed by atoms with E-state index in [0.29, 0.717) is 12.2 Å². The highest BCUT2D eigenvalue weighted by atomic mass is 16.5. The van der Waals surface area contributed by atoms with Gasteiger partial charge in [-0.1, -0.05) is 6.42 Å². The van der Waals surface area contributed by atoms with E-state index in [9.17, 15) is 0 Å². The summed E-state index contributed by atoms with van der Waals surface area (Å²) in [5.74, 6) is 1.04. The summed E-state index contributed by atoms with van der Waals surface area (Å²) in [6, 6.07) is 0. The van der Waals surface area contributed by atoms with Crippen LogP contribution in [0.2, 0.25) is 0 Å². The molecule has 0 aliphatic carbocycles. The second-order valence-electron chi connectivity index (χ2n) is 9.27. The van der Waals surface area contributed by atoms with E-state index in [1.807, 2.05) is 7.05 Å². The van der Waals surface area contributed by atoms with Crippen LogP contribution in [0.1, 0.15) is 65.2 Å². The van der Waals surface area contributed by atoms with Gasteiger partial charge in [0.05, 0.1) is 18.8 Å². The van der Waals surface area contributed by atoms with E-state index >= 15 is 0 Å². The summed E-state index contributed by atoms with van der Waals surface area (Å²) in [6.45, 7) is 11.8. The number of hydrogen-bond acceptors (Lipinski definition) is 4. The lowest BCUT2D eigenvalue weighted by molar-refractivity contribution is -0.0721. The minimum atomic E-state index is 0.164. The molecule has 28 heavy (non-hydrogen) atoms. The van der Waals surface area contributed by atoms with Gasteiger partial charge in [-0.15, -0.1) is 0 Å². The minimum Gasteiger partial charge on any atom is -0.376 e. The van der Waals surface area contributed by atoms with Crippen molar-refractivity contribution in [3.63, 3.8) is 0 Å². The largest absolute Gasteiger partial charge is 0.376 e. The fourth-order valence-corrected chi connectivity index (χ4v) is 4.66. The Labute approximate surface area is 172 Å². The van der Waals surface area contributed by atoms with Crippen LogP contribution in [0, 0.1) is 0 Å². The molecule has 0 saturated carbocycles. The maximum absolute atomic E-state index is 6.16. The van der Waals surface area contributed by atoms with E-state index in [-0.39, 0.29) is 5.54 Å². The molecule has 3 heterocycles. The van der Waals surface area contributed by atoms with Gasteiger partial charge in [0.2, 0.25) is 0 Å². The second-order valence-corrected chi connectivity index (χ2v) is 9.27. The lowest BCUT2D eigenvalue weighted by Gasteiger charge is -2.42. The van der Waals surface area contributed by atoms with Crippen molar-refractivity contribution in [2.75, 3.05) is 53.0 Å². The van der Waals surface area contributed by atoms with Crippen LogP contribution in [0.5, 0.6) is 0 Å². The molecule has 0 radical (unpaired) electrons. The topological polar surface area (TPSA) is 49.3 Å². The fourth-order valence-electron chi connectivity index (χ4n) is 4.66. The Hall–Kier alpha value is -0.850. The molecule has 0 amide bonds. The zero-order valence-corrected chi connectivity index (χ0v) is 18.4. The summed E-state index contributed by atoms with van der Waals surface area (Å²) >= 11 is 0. The minimum absolute atomic E-state index is 0.164. The molecule has 6 nitrogen and oxygen atoms in total. The average Bonchev–Trinajstić information content (AvgIpc) is 2.75. The van der Waals surface area contributed by atoms with Gasteiger partial charge >= 0.3 is 0 Å². The molecular formula is C22H42N4O2. The first-order valence-electron chi connectivity index (χ1n) is 11.5. The van der Waals surface area contributed by atoms with Crippen molar-refractivity contribution < 1.29 is 9.47 Å². The summed E-state index contributed by atoms with van der Waals surface area (Å²) in [4.78, 5) is 9.58. The van der Waals surface area contributed by atoms with Gasteiger partial charge in [-0.25, -0.2) is 0 Å². The van der Waals surface area contributed by atoms with Gasteiger partial charge in [-0.05, 0) is 71.9 Å². The number of rotatable bonds is 6. The van der Waals surface area contributed by atoms with Gasteiger partial charge in [0.25, 0.3) is 0 Å². The molecule has 1 unspecified atom stereocenters. The molecule has 6 heteroatoms. The Balaban J connectivity index is 1.38. The summed E-state index contributed by atoms with van der Waals surface area (Å²) in [7, 11) is 1.90. The summed E-state index contributed by atoms with van der Waals surface area (Å²) in [6.07, 6.45) is 10.5. The van der Waals surface area contributed by atoms with Crippen molar-refractivity contribution in [1.82, 2.24) is 15.1 Å². The predicted molar refractivity (Wildman–Crippen MR) is 115 cm³/mol. The molecule has 0 aromatic carbocycles. The lowest BCUT2D eigenvalue weighted by atomic mass is 9.98. The molecule has 0 aromatic rings. The molecule has 1 N–H and O–H groups in total. The average molecular weight is 395 g/mol. The number of ether oxygens (including phenoxy) is 2. The van der Waals surface area contributed by atoms with E-state index in [4.69, 9.17) is 9.47 Å². The highest BCUT2D eigenvalue weighted by Gasteiger charge is 2.29. The van der Waals surface area contributed by atoms with Gasteiger partial charge in [0, 0.05) is 38.8 Å². The van der Waals surface area contributed by atoms with E-state index in [1.54, 1.807) is 0 Å². The highest BCUT2D eigenvalue weighted by Crippen LogP contribution is 2.21. The van der Waals surface area contributed by atoms with Gasteiger partial charge in [0.1, 0.15) is 0 Å². The molecule has 3 fully saturated rings. The third kappa shape index (κ3) is 6.33. The third-order valence-electron chi connectivity index (χ3n) is 6.64. The Kier molecular flexibility index (Phi) is 8.42. The highest BCUT2D eigenvalue weighted by molar-refractivity contribution is 5.80. The van der Waals surface area contributed by atoms with Crippen LogP contribution >= 0.6 is 0 Å². The van der Waals surface area contributed by atoms with Crippen molar-refractivity contribution in [2.45, 2.75) is 83.0 Å². The zero-order valence-electron chi connectivity index (χ0n) is 18.4. The molecule has 0 aromatic heterocycles. The van der Waals surface area contributed by atoms with Gasteiger partial charge < -0.3 is 19.7 Å². The first kappa shape index (κ1) is 21.8. The van der Waals surface area contributed by atoms with Crippen molar-refractivity contribution in [1.29, 1.82) is 0 Å². The second kappa shape index (κ2) is 10.8. The Bertz CT molecular complexity index is 477. The number of hydrogen-bond donors (Lipinski definition) is 1. The molecule has 3 aliphatic heterocycles. The van der Waals surface area contributed by atoms with Crippen molar-refractivity contribution >= 4 is 5.96 Å². The van der Waals surface area contributed by atoms with Crippen LogP contribution in [-0.2, 0) is 9.47 Å². The fraction of sp³-hybridized carbons (Fsp3) is 0.955. The zero-order chi connectivity index (χ0) is 19.8. The lowest BCUT2D eigenvalue weighted by Crippen LogP contribution is -2.56. The maximum Gasteiger partial charge on any atom is 0.193 e. The van der Waals surface area contributed by atoms with Crippen molar-refractivity contribution in [2.24, 2.45) is 4.99 Å². The van der Waals surface area contributed by atoms with Crippen LogP contribution in [-0.4, -0.2) is 86.5 Å². The van der Waals surface area contributed by atoms with Gasteiger partial charge in [-0.3, -0.25) is 9.89 Å². The molecule has 162 valence electrons. The Morgan fingerprint density at radius 2 is 1.79 bits per heavy atom. The van der Waals surface area contributed by atoms with Crippen molar-refractivity contribution in [3.8, 4) is 0 Å². The summed E-state index contributed by atoms with van der Waals surface area (Å²) in [5, 5.41) is 3.65. The molecule has 3 aliphatic rings. The molecule has 3 rings (SSSR count). The van der Waals surface area contributed by atoms with Crippen LogP contribution in [0.15, 0.2) is 4.99 Å². The monoisotopic (exact) mass is 394 g/mol. The normalized spacial score (nSPS) is 26.5. The number of nitrogens with zero attached hydrogens (tertiary/aromatic N) is 3. The number of piperidine rings is 2. The van der Waals surface area contributed by atoms with Crippen LogP contribution in [0.4, 0.5) is 0 Å². The molecular weight excluding hydrogens is 352 g/mol. The first-order valence-corrected chi connectivity index (χ1v) is 11.5. The van der Waals surface area contributed by atoms with E-state index < -0.39 is 0 Å². The SMILES string of the molecule is CN=C(NCC(C)(C)N1CCCCC1)N1CCC(OCC2CCCCO2)CC1. The van der Waals surface area contributed by atoms with Crippen molar-refractivity contribution in [3.05, 3.63) is 0 Å². The van der Waals surface area contributed by atoms with Gasteiger partial charge in [0.15, 0.2) is 5.96 Å². The molecule has 0 bridgehead atoms. The molecule has 0 spiro atoms. The molecule has 1 atom stereocenters. The Morgan fingerprint density at radius 1 is 1.04 bits per heavy atom. The Morgan fingerprint density at radius 3 is 2.43 bits per heavy atom. The standard InChI is InChI=1S/C22H42N4O2/c1-22(2,26-12-6-4-7-13-26)18-24-21(23-3)25-14-10-19(11-15-25)28-17-20-9-5-8-16-27-20/h19-20H,4-18H2,1-3H3,(H,23,24). The predicted octanol–water partition coefficient (Wildman–Crippen LogP) is 2.88. The maximum atomic E-state index is 6.16. The summed E-state index contributed by atoms with van der Waals surface area (Å²) < 4.78 is 12.0. The quantitative estimate of drug-likeness (QED) is 0.554. The van der Waals surface area contributed by atoms with Gasteiger partial charge in [-0.2, -0.15) is 0 Å².